The van der Waals surface area contributed by atoms with Gasteiger partial charge in [0.15, 0.2) is 11.5 Å². The van der Waals surface area contributed by atoms with Gasteiger partial charge in [0.2, 0.25) is 0 Å². The summed E-state index contributed by atoms with van der Waals surface area (Å²) in [5, 5.41) is 1.30. The van der Waals surface area contributed by atoms with Gasteiger partial charge in [0.25, 0.3) is 5.56 Å². The predicted octanol–water partition coefficient (Wildman–Crippen LogP) is 2.77. The van der Waals surface area contributed by atoms with Gasteiger partial charge >= 0.3 is 0 Å². The number of unbranched alkanes of at least 4 members (excludes halogenated alkanes) is 1. The Morgan fingerprint density at radius 1 is 1.10 bits per heavy atom. The first-order chi connectivity index (χ1) is 9.72. The maximum atomic E-state index is 12.4. The SMILES string of the molecule is COc1ccc2c(=O)n(CCCCF)ccc2c1OC. The van der Waals surface area contributed by atoms with Crippen molar-refractivity contribution >= 4 is 10.8 Å². The summed E-state index contributed by atoms with van der Waals surface area (Å²) in [6.07, 6.45) is 2.83. The van der Waals surface area contributed by atoms with Gasteiger partial charge in [0.1, 0.15) is 0 Å². The summed E-state index contributed by atoms with van der Waals surface area (Å²) in [7, 11) is 3.10. The van der Waals surface area contributed by atoms with Crippen LogP contribution in [-0.2, 0) is 6.54 Å². The summed E-state index contributed by atoms with van der Waals surface area (Å²) < 4.78 is 24.3. The maximum Gasteiger partial charge on any atom is 0.258 e. The number of methoxy groups -OCH3 is 2. The number of hydrogen-bond acceptors (Lipinski definition) is 3. The number of pyridine rings is 1. The Hall–Kier alpha value is -2.04. The molecule has 0 amide bonds. The molecule has 0 radical (unpaired) electrons. The van der Waals surface area contributed by atoms with E-state index in [0.717, 1.165) is 5.39 Å². The Morgan fingerprint density at radius 3 is 2.55 bits per heavy atom. The molecule has 20 heavy (non-hydrogen) atoms. The number of aromatic nitrogens is 1. The van der Waals surface area contributed by atoms with Crippen LogP contribution in [0.4, 0.5) is 4.39 Å². The third-order valence-electron chi connectivity index (χ3n) is 3.28. The summed E-state index contributed by atoms with van der Waals surface area (Å²) in [5.74, 6) is 1.15. The number of hydrogen-bond donors (Lipinski definition) is 0. The number of alkyl halides is 1. The van der Waals surface area contributed by atoms with Gasteiger partial charge in [-0.05, 0) is 31.0 Å². The lowest BCUT2D eigenvalue weighted by Gasteiger charge is -2.12. The van der Waals surface area contributed by atoms with Gasteiger partial charge in [0, 0.05) is 18.1 Å². The molecule has 4 nitrogen and oxygen atoms in total. The minimum atomic E-state index is -0.354. The molecule has 1 heterocycles. The third kappa shape index (κ3) is 2.61. The topological polar surface area (TPSA) is 40.5 Å². The first-order valence-electron chi connectivity index (χ1n) is 6.53. The van der Waals surface area contributed by atoms with Crippen LogP contribution in [0.15, 0.2) is 29.2 Å². The van der Waals surface area contributed by atoms with E-state index in [0.29, 0.717) is 36.3 Å². The zero-order valence-electron chi connectivity index (χ0n) is 11.7. The summed E-state index contributed by atoms with van der Waals surface area (Å²) >= 11 is 0. The molecule has 2 aromatic rings. The van der Waals surface area contributed by atoms with Crippen molar-refractivity contribution in [2.24, 2.45) is 0 Å². The highest BCUT2D eigenvalue weighted by Gasteiger charge is 2.11. The molecular formula is C15H18FNO3. The van der Waals surface area contributed by atoms with Gasteiger partial charge < -0.3 is 14.0 Å². The molecule has 0 bridgehead atoms. The van der Waals surface area contributed by atoms with Crippen LogP contribution >= 0.6 is 0 Å². The minimum Gasteiger partial charge on any atom is -0.493 e. The molecule has 0 aliphatic carbocycles. The summed E-state index contributed by atoms with van der Waals surface area (Å²) in [6, 6.07) is 5.27. The van der Waals surface area contributed by atoms with Gasteiger partial charge in [-0.2, -0.15) is 0 Å². The average molecular weight is 279 g/mol. The molecule has 0 N–H and O–H groups in total. The summed E-state index contributed by atoms with van der Waals surface area (Å²) in [4.78, 5) is 12.4. The van der Waals surface area contributed by atoms with Gasteiger partial charge in [-0.15, -0.1) is 0 Å². The number of benzene rings is 1. The fourth-order valence-corrected chi connectivity index (χ4v) is 2.24. The fourth-order valence-electron chi connectivity index (χ4n) is 2.24. The van der Waals surface area contributed by atoms with E-state index >= 15 is 0 Å². The highest BCUT2D eigenvalue weighted by molar-refractivity contribution is 5.90. The largest absolute Gasteiger partial charge is 0.493 e. The van der Waals surface area contributed by atoms with E-state index in [4.69, 9.17) is 9.47 Å². The second-order valence-corrected chi connectivity index (χ2v) is 4.47. The van der Waals surface area contributed by atoms with Gasteiger partial charge in [0.05, 0.1) is 26.3 Å². The Kier molecular flexibility index (Phi) is 4.61. The number of aryl methyl sites for hydroxylation is 1. The van der Waals surface area contributed by atoms with Crippen LogP contribution in [0.5, 0.6) is 11.5 Å². The molecule has 108 valence electrons. The van der Waals surface area contributed by atoms with E-state index in [-0.39, 0.29) is 12.2 Å². The molecule has 0 saturated carbocycles. The lowest BCUT2D eigenvalue weighted by Crippen LogP contribution is -2.19. The van der Waals surface area contributed by atoms with Crippen molar-refractivity contribution in [3.63, 3.8) is 0 Å². The molecule has 5 heteroatoms. The van der Waals surface area contributed by atoms with Crippen LogP contribution in [0.25, 0.3) is 10.8 Å². The van der Waals surface area contributed by atoms with E-state index < -0.39 is 0 Å². The van der Waals surface area contributed by atoms with E-state index in [1.165, 1.54) is 0 Å². The van der Waals surface area contributed by atoms with Gasteiger partial charge in [-0.25, -0.2) is 0 Å². The second kappa shape index (κ2) is 6.41. The van der Waals surface area contributed by atoms with E-state index in [2.05, 4.69) is 0 Å². The van der Waals surface area contributed by atoms with Crippen molar-refractivity contribution < 1.29 is 13.9 Å². The summed E-state index contributed by atoms with van der Waals surface area (Å²) in [5.41, 5.74) is -0.0951. The van der Waals surface area contributed by atoms with Crippen LogP contribution in [0, 0.1) is 0 Å². The second-order valence-electron chi connectivity index (χ2n) is 4.47. The lowest BCUT2D eigenvalue weighted by molar-refractivity contribution is 0.358. The normalized spacial score (nSPS) is 10.8. The molecule has 0 fully saturated rings. The van der Waals surface area contributed by atoms with E-state index in [1.807, 2.05) is 6.07 Å². The van der Waals surface area contributed by atoms with Crippen molar-refractivity contribution in [3.8, 4) is 11.5 Å². The first-order valence-corrected chi connectivity index (χ1v) is 6.53. The van der Waals surface area contributed by atoms with Crippen molar-refractivity contribution in [3.05, 3.63) is 34.7 Å². The average Bonchev–Trinajstić information content (AvgIpc) is 2.48. The molecule has 0 saturated heterocycles. The molecule has 0 aliphatic heterocycles. The Morgan fingerprint density at radius 2 is 1.90 bits per heavy atom. The number of ether oxygens (including phenoxy) is 2. The molecule has 0 aliphatic rings. The molecule has 1 aromatic heterocycles. The quantitative estimate of drug-likeness (QED) is 0.763. The standard InChI is InChI=1S/C15H18FNO3/c1-19-13-6-5-12-11(14(13)20-2)7-10-17(15(12)18)9-4-3-8-16/h5-7,10H,3-4,8-9H2,1-2H3. The summed E-state index contributed by atoms with van der Waals surface area (Å²) in [6.45, 7) is 0.167. The van der Waals surface area contributed by atoms with Crippen LogP contribution in [0.2, 0.25) is 0 Å². The monoisotopic (exact) mass is 279 g/mol. The Bertz CT molecular complexity index is 651. The van der Waals surface area contributed by atoms with Gasteiger partial charge in [-0.1, -0.05) is 0 Å². The van der Waals surface area contributed by atoms with E-state index in [1.54, 1.807) is 37.1 Å². The molecule has 1 aromatic carbocycles. The highest BCUT2D eigenvalue weighted by Crippen LogP contribution is 2.33. The number of fused-ring (bicyclic) bond motifs is 1. The molecule has 0 spiro atoms. The van der Waals surface area contributed by atoms with Gasteiger partial charge in [-0.3, -0.25) is 9.18 Å². The van der Waals surface area contributed by atoms with Crippen LogP contribution in [0.1, 0.15) is 12.8 Å². The molecule has 2 rings (SSSR count). The lowest BCUT2D eigenvalue weighted by atomic mass is 10.1. The van der Waals surface area contributed by atoms with Crippen molar-refractivity contribution in [2.45, 2.75) is 19.4 Å². The van der Waals surface area contributed by atoms with E-state index in [9.17, 15) is 9.18 Å². The zero-order valence-corrected chi connectivity index (χ0v) is 11.7. The van der Waals surface area contributed by atoms with Crippen molar-refractivity contribution in [2.75, 3.05) is 20.9 Å². The van der Waals surface area contributed by atoms with Crippen LogP contribution in [-0.4, -0.2) is 25.5 Å². The molecule has 0 unspecified atom stereocenters. The molecular weight excluding hydrogens is 261 g/mol. The smallest absolute Gasteiger partial charge is 0.258 e. The zero-order chi connectivity index (χ0) is 14.5. The number of nitrogens with zero attached hydrogens (tertiary/aromatic N) is 1. The first kappa shape index (κ1) is 14.4. The van der Waals surface area contributed by atoms with Crippen molar-refractivity contribution in [1.29, 1.82) is 0 Å². The van der Waals surface area contributed by atoms with Crippen LogP contribution in [0.3, 0.4) is 0 Å². The number of halogens is 1. The third-order valence-corrected chi connectivity index (χ3v) is 3.28. The maximum absolute atomic E-state index is 12.4. The fraction of sp³-hybridized carbons (Fsp3) is 0.400. The predicted molar refractivity (Wildman–Crippen MR) is 76.5 cm³/mol. The van der Waals surface area contributed by atoms with Crippen LogP contribution < -0.4 is 15.0 Å². The van der Waals surface area contributed by atoms with Crippen molar-refractivity contribution in [1.82, 2.24) is 4.57 Å². The molecule has 0 atom stereocenters. The number of rotatable bonds is 6. The highest BCUT2D eigenvalue weighted by atomic mass is 19.1. The Labute approximate surface area is 116 Å². The Balaban J connectivity index is 2.49. The minimum absolute atomic E-state index is 0.0951.